The van der Waals surface area contributed by atoms with Gasteiger partial charge in [0.15, 0.2) is 6.29 Å². The predicted molar refractivity (Wildman–Crippen MR) is 61.9 cm³/mol. The largest absolute Gasteiger partial charge is 0.298 e. The van der Waals surface area contributed by atoms with Crippen LogP contribution >= 0.6 is 23.2 Å². The van der Waals surface area contributed by atoms with Crippen LogP contribution < -0.4 is 0 Å². The summed E-state index contributed by atoms with van der Waals surface area (Å²) in [5.41, 5.74) is 2.10. The fourth-order valence-corrected chi connectivity index (χ4v) is 1.96. The highest BCUT2D eigenvalue weighted by Crippen LogP contribution is 2.25. The molecule has 0 aliphatic carbocycles. The van der Waals surface area contributed by atoms with Gasteiger partial charge in [0, 0.05) is 10.4 Å². The normalized spacial score (nSPS) is 10.6. The molecule has 1 aromatic carbocycles. The third-order valence-corrected chi connectivity index (χ3v) is 2.70. The van der Waals surface area contributed by atoms with E-state index in [9.17, 15) is 4.79 Å². The number of hydrogen-bond donors (Lipinski definition) is 0. The Labute approximate surface area is 96.8 Å². The zero-order chi connectivity index (χ0) is 11.0. The van der Waals surface area contributed by atoms with Crippen LogP contribution in [0.4, 0.5) is 0 Å². The Hall–Kier alpha value is -1.12. The van der Waals surface area contributed by atoms with Crippen LogP contribution in [0.3, 0.4) is 0 Å². The lowest BCUT2D eigenvalue weighted by molar-refractivity contribution is 0.112. The van der Waals surface area contributed by atoms with E-state index in [4.69, 9.17) is 23.2 Å². The van der Waals surface area contributed by atoms with Crippen molar-refractivity contribution in [2.24, 2.45) is 0 Å². The molecule has 0 saturated heterocycles. The summed E-state index contributed by atoms with van der Waals surface area (Å²) in [6, 6.07) is 5.27. The summed E-state index contributed by atoms with van der Waals surface area (Å²) in [6.07, 6.45) is 0.686. The van der Waals surface area contributed by atoms with Gasteiger partial charge in [0.05, 0.1) is 11.1 Å². The van der Waals surface area contributed by atoms with Crippen LogP contribution in [-0.2, 0) is 0 Å². The first-order valence-electron chi connectivity index (χ1n) is 4.33. The molecule has 15 heavy (non-hydrogen) atoms. The van der Waals surface area contributed by atoms with Crippen molar-refractivity contribution >= 4 is 40.4 Å². The van der Waals surface area contributed by atoms with E-state index in [1.54, 1.807) is 12.1 Å². The molecule has 2 rings (SSSR count). The highest BCUT2D eigenvalue weighted by atomic mass is 35.5. The molecule has 2 nitrogen and oxygen atoms in total. The third-order valence-electron chi connectivity index (χ3n) is 2.18. The number of carbonyl (C=O) groups is 1. The Bertz CT molecular complexity index is 552. The molecule has 0 amide bonds. The first-order chi connectivity index (χ1) is 7.11. The van der Waals surface area contributed by atoms with E-state index in [1.807, 2.05) is 13.0 Å². The minimum atomic E-state index is 0.225. The van der Waals surface area contributed by atoms with Crippen molar-refractivity contribution in [2.75, 3.05) is 0 Å². The van der Waals surface area contributed by atoms with Crippen LogP contribution in [-0.4, -0.2) is 11.3 Å². The Morgan fingerprint density at radius 2 is 2.00 bits per heavy atom. The maximum Gasteiger partial charge on any atom is 0.153 e. The van der Waals surface area contributed by atoms with Crippen molar-refractivity contribution in [1.82, 2.24) is 4.98 Å². The maximum absolute atomic E-state index is 10.7. The van der Waals surface area contributed by atoms with E-state index >= 15 is 0 Å². The van der Waals surface area contributed by atoms with Crippen molar-refractivity contribution in [2.45, 2.75) is 6.92 Å². The van der Waals surface area contributed by atoms with Crippen molar-refractivity contribution in [1.29, 1.82) is 0 Å². The number of rotatable bonds is 1. The van der Waals surface area contributed by atoms with Gasteiger partial charge in [-0.25, -0.2) is 4.98 Å². The molecule has 0 bridgehead atoms. The second-order valence-electron chi connectivity index (χ2n) is 3.28. The second kappa shape index (κ2) is 3.80. The number of nitrogens with zero attached hydrogens (tertiary/aromatic N) is 1. The van der Waals surface area contributed by atoms with Crippen LogP contribution in [0.25, 0.3) is 10.9 Å². The molecule has 0 N–H and O–H groups in total. The second-order valence-corrected chi connectivity index (χ2v) is 4.08. The topological polar surface area (TPSA) is 30.0 Å². The molecule has 0 unspecified atom stereocenters. The van der Waals surface area contributed by atoms with Gasteiger partial charge >= 0.3 is 0 Å². The van der Waals surface area contributed by atoms with Gasteiger partial charge in [-0.1, -0.05) is 23.2 Å². The van der Waals surface area contributed by atoms with Crippen LogP contribution in [0.15, 0.2) is 18.2 Å². The van der Waals surface area contributed by atoms with Crippen LogP contribution in [0.1, 0.15) is 15.9 Å². The lowest BCUT2D eigenvalue weighted by Crippen LogP contribution is -1.90. The molecule has 0 atom stereocenters. The fraction of sp³-hybridized carbons (Fsp3) is 0.0909. The zero-order valence-electron chi connectivity index (χ0n) is 7.92. The van der Waals surface area contributed by atoms with Crippen LogP contribution in [0, 0.1) is 6.92 Å². The number of fused-ring (bicyclic) bond motifs is 1. The summed E-state index contributed by atoms with van der Waals surface area (Å²) < 4.78 is 0. The van der Waals surface area contributed by atoms with Crippen molar-refractivity contribution in [3.63, 3.8) is 0 Å². The average molecular weight is 240 g/mol. The summed E-state index contributed by atoms with van der Waals surface area (Å²) in [5, 5.41) is 1.68. The van der Waals surface area contributed by atoms with Gasteiger partial charge in [-0.15, -0.1) is 0 Å². The highest BCUT2D eigenvalue weighted by Gasteiger charge is 2.06. The molecule has 0 radical (unpaired) electrons. The average Bonchev–Trinajstić information content (AvgIpc) is 2.18. The van der Waals surface area contributed by atoms with Crippen molar-refractivity contribution in [3.8, 4) is 0 Å². The van der Waals surface area contributed by atoms with Gasteiger partial charge in [-0.3, -0.25) is 4.79 Å². The Morgan fingerprint density at radius 3 is 2.67 bits per heavy atom. The SMILES string of the molecule is Cc1cc(Cl)cc2cc(C=O)c(Cl)nc12. The smallest absolute Gasteiger partial charge is 0.153 e. The molecule has 0 aliphatic rings. The van der Waals surface area contributed by atoms with Gasteiger partial charge in [0.1, 0.15) is 5.15 Å². The summed E-state index contributed by atoms with van der Waals surface area (Å²) in [7, 11) is 0. The molecule has 4 heteroatoms. The number of carbonyl (C=O) groups excluding carboxylic acids is 1. The summed E-state index contributed by atoms with van der Waals surface area (Å²) in [5.74, 6) is 0. The number of aromatic nitrogens is 1. The van der Waals surface area contributed by atoms with E-state index in [1.165, 1.54) is 0 Å². The molecule has 0 fully saturated rings. The number of pyridine rings is 1. The molecular weight excluding hydrogens is 233 g/mol. The lowest BCUT2D eigenvalue weighted by Gasteiger charge is -2.04. The molecule has 0 spiro atoms. The monoisotopic (exact) mass is 239 g/mol. The van der Waals surface area contributed by atoms with Crippen molar-refractivity contribution < 1.29 is 4.79 Å². The van der Waals surface area contributed by atoms with E-state index in [2.05, 4.69) is 4.98 Å². The number of halogens is 2. The maximum atomic E-state index is 10.7. The van der Waals surface area contributed by atoms with E-state index in [0.29, 0.717) is 16.9 Å². The number of hydrogen-bond acceptors (Lipinski definition) is 2. The molecule has 0 aliphatic heterocycles. The summed E-state index contributed by atoms with van der Waals surface area (Å²) >= 11 is 11.7. The molecular formula is C11H7Cl2NO. The van der Waals surface area contributed by atoms with Gasteiger partial charge < -0.3 is 0 Å². The van der Waals surface area contributed by atoms with Crippen LogP contribution in [0.5, 0.6) is 0 Å². The van der Waals surface area contributed by atoms with E-state index in [-0.39, 0.29) is 5.15 Å². The lowest BCUT2D eigenvalue weighted by atomic mass is 10.1. The van der Waals surface area contributed by atoms with E-state index < -0.39 is 0 Å². The van der Waals surface area contributed by atoms with Gasteiger partial charge in [-0.05, 0) is 30.7 Å². The van der Waals surface area contributed by atoms with Gasteiger partial charge in [-0.2, -0.15) is 0 Å². The number of aryl methyl sites for hydroxylation is 1. The van der Waals surface area contributed by atoms with Crippen LogP contribution in [0.2, 0.25) is 10.2 Å². The Morgan fingerprint density at radius 1 is 1.27 bits per heavy atom. The molecule has 0 saturated carbocycles. The number of aldehydes is 1. The summed E-state index contributed by atoms with van der Waals surface area (Å²) in [6.45, 7) is 1.90. The predicted octanol–water partition coefficient (Wildman–Crippen LogP) is 3.66. The third kappa shape index (κ3) is 1.83. The van der Waals surface area contributed by atoms with Gasteiger partial charge in [0.2, 0.25) is 0 Å². The minimum absolute atomic E-state index is 0.225. The molecule has 1 aromatic heterocycles. The zero-order valence-corrected chi connectivity index (χ0v) is 9.43. The number of benzene rings is 1. The molecule has 76 valence electrons. The molecule has 2 aromatic rings. The van der Waals surface area contributed by atoms with E-state index in [0.717, 1.165) is 16.5 Å². The fourth-order valence-electron chi connectivity index (χ4n) is 1.50. The first-order valence-corrected chi connectivity index (χ1v) is 5.09. The minimum Gasteiger partial charge on any atom is -0.298 e. The van der Waals surface area contributed by atoms with Crippen molar-refractivity contribution in [3.05, 3.63) is 39.5 Å². The first kappa shape index (κ1) is 10.4. The standard InChI is InChI=1S/C11H7Cl2NO/c1-6-2-9(12)4-7-3-8(5-15)11(13)14-10(6)7/h2-5H,1H3. The quantitative estimate of drug-likeness (QED) is 0.562. The Kier molecular flexibility index (Phi) is 2.63. The highest BCUT2D eigenvalue weighted by molar-refractivity contribution is 6.33. The van der Waals surface area contributed by atoms with Gasteiger partial charge in [0.25, 0.3) is 0 Å². The Balaban J connectivity index is 2.87. The molecule has 1 heterocycles. The summed E-state index contributed by atoms with van der Waals surface area (Å²) in [4.78, 5) is 14.8.